The molecule has 27 heavy (non-hydrogen) atoms. The van der Waals surface area contributed by atoms with Crippen molar-refractivity contribution >= 4 is 17.6 Å². The Hall–Kier alpha value is -3.91. The van der Waals surface area contributed by atoms with Crippen molar-refractivity contribution in [1.29, 1.82) is 5.26 Å². The van der Waals surface area contributed by atoms with Crippen molar-refractivity contribution in [2.24, 2.45) is 0 Å². The first-order valence-electron chi connectivity index (χ1n) is 8.22. The number of nitriles is 1. The SMILES string of the molecule is COC(=O)c1cccc(NC(=O)c2ccccc2-c2ccccc2C#N)c1. The van der Waals surface area contributed by atoms with Gasteiger partial charge in [-0.05, 0) is 35.9 Å². The Morgan fingerprint density at radius 1 is 0.926 bits per heavy atom. The van der Waals surface area contributed by atoms with Gasteiger partial charge in [0.1, 0.15) is 0 Å². The molecule has 0 atom stereocenters. The fourth-order valence-corrected chi connectivity index (χ4v) is 2.77. The Morgan fingerprint density at radius 2 is 1.63 bits per heavy atom. The van der Waals surface area contributed by atoms with E-state index in [-0.39, 0.29) is 5.91 Å². The van der Waals surface area contributed by atoms with E-state index < -0.39 is 5.97 Å². The van der Waals surface area contributed by atoms with E-state index in [1.807, 2.05) is 18.2 Å². The van der Waals surface area contributed by atoms with E-state index in [2.05, 4.69) is 11.4 Å². The van der Waals surface area contributed by atoms with Crippen LogP contribution < -0.4 is 5.32 Å². The molecule has 0 saturated heterocycles. The van der Waals surface area contributed by atoms with Crippen molar-refractivity contribution in [2.45, 2.75) is 0 Å². The highest BCUT2D eigenvalue weighted by Crippen LogP contribution is 2.27. The standard InChI is InChI=1S/C22H16N2O3/c1-27-22(26)15-8-6-9-17(13-15)24-21(25)20-12-5-4-11-19(20)18-10-3-2-7-16(18)14-23/h2-13H,1H3,(H,24,25). The van der Waals surface area contributed by atoms with E-state index in [0.29, 0.717) is 33.5 Å². The zero-order valence-electron chi connectivity index (χ0n) is 14.6. The van der Waals surface area contributed by atoms with Crippen molar-refractivity contribution in [2.75, 3.05) is 12.4 Å². The number of carbonyl (C=O) groups is 2. The Labute approximate surface area is 156 Å². The minimum atomic E-state index is -0.477. The van der Waals surface area contributed by atoms with Gasteiger partial charge in [-0.25, -0.2) is 4.79 Å². The van der Waals surface area contributed by atoms with Gasteiger partial charge in [-0.2, -0.15) is 5.26 Å². The average molecular weight is 356 g/mol. The molecule has 3 aromatic carbocycles. The quantitative estimate of drug-likeness (QED) is 0.708. The number of nitrogens with one attached hydrogen (secondary N) is 1. The second-order valence-corrected chi connectivity index (χ2v) is 5.73. The Balaban J connectivity index is 1.95. The van der Waals surface area contributed by atoms with Crippen molar-refractivity contribution in [3.05, 3.63) is 89.5 Å². The third-order valence-corrected chi connectivity index (χ3v) is 4.05. The molecule has 0 heterocycles. The van der Waals surface area contributed by atoms with Gasteiger partial charge >= 0.3 is 5.97 Å². The van der Waals surface area contributed by atoms with Crippen LogP contribution in [0.1, 0.15) is 26.3 Å². The number of esters is 1. The molecule has 0 fully saturated rings. The number of nitrogens with zero attached hydrogens (tertiary/aromatic N) is 1. The van der Waals surface area contributed by atoms with Crippen LogP contribution in [-0.2, 0) is 4.74 Å². The molecule has 3 aromatic rings. The van der Waals surface area contributed by atoms with Gasteiger partial charge in [-0.1, -0.05) is 42.5 Å². The van der Waals surface area contributed by atoms with Gasteiger partial charge in [0.25, 0.3) is 5.91 Å². The lowest BCUT2D eigenvalue weighted by atomic mass is 9.95. The number of methoxy groups -OCH3 is 1. The molecule has 0 aliphatic rings. The lowest BCUT2D eigenvalue weighted by molar-refractivity contribution is 0.0600. The first-order chi connectivity index (χ1) is 13.1. The number of ether oxygens (including phenoxy) is 1. The highest BCUT2D eigenvalue weighted by molar-refractivity contribution is 6.09. The predicted molar refractivity (Wildman–Crippen MR) is 102 cm³/mol. The molecule has 0 bridgehead atoms. The molecule has 1 amide bonds. The normalized spacial score (nSPS) is 9.93. The monoisotopic (exact) mass is 356 g/mol. The molecule has 0 spiro atoms. The second kappa shape index (κ2) is 7.98. The van der Waals surface area contributed by atoms with Gasteiger partial charge in [0.2, 0.25) is 0 Å². The van der Waals surface area contributed by atoms with Crippen LogP contribution in [0.5, 0.6) is 0 Å². The lowest BCUT2D eigenvalue weighted by Gasteiger charge is -2.12. The van der Waals surface area contributed by atoms with Gasteiger partial charge in [-0.3, -0.25) is 4.79 Å². The van der Waals surface area contributed by atoms with E-state index in [9.17, 15) is 14.9 Å². The van der Waals surface area contributed by atoms with Crippen LogP contribution in [0.4, 0.5) is 5.69 Å². The number of rotatable bonds is 4. The first kappa shape index (κ1) is 17.9. The van der Waals surface area contributed by atoms with Crippen LogP contribution in [0.25, 0.3) is 11.1 Å². The average Bonchev–Trinajstić information content (AvgIpc) is 2.73. The van der Waals surface area contributed by atoms with Gasteiger partial charge < -0.3 is 10.1 Å². The molecule has 5 nitrogen and oxygen atoms in total. The maximum absolute atomic E-state index is 12.8. The summed E-state index contributed by atoms with van der Waals surface area (Å²) in [5.74, 6) is -0.810. The molecule has 0 aromatic heterocycles. The number of amides is 1. The zero-order valence-corrected chi connectivity index (χ0v) is 14.6. The largest absolute Gasteiger partial charge is 0.465 e. The van der Waals surface area contributed by atoms with E-state index in [1.165, 1.54) is 7.11 Å². The maximum Gasteiger partial charge on any atom is 0.337 e. The van der Waals surface area contributed by atoms with Crippen LogP contribution in [0, 0.1) is 11.3 Å². The predicted octanol–water partition coefficient (Wildman–Crippen LogP) is 4.26. The molecule has 3 rings (SSSR count). The molecule has 0 radical (unpaired) electrons. The number of hydrogen-bond donors (Lipinski definition) is 1. The van der Waals surface area contributed by atoms with E-state index in [4.69, 9.17) is 4.74 Å². The minimum Gasteiger partial charge on any atom is -0.465 e. The zero-order chi connectivity index (χ0) is 19.2. The summed E-state index contributed by atoms with van der Waals surface area (Å²) in [5.41, 5.74) is 3.10. The van der Waals surface area contributed by atoms with Gasteiger partial charge in [0.15, 0.2) is 0 Å². The fraction of sp³-hybridized carbons (Fsp3) is 0.0455. The summed E-state index contributed by atoms with van der Waals surface area (Å²) in [6, 6.07) is 22.9. The summed E-state index contributed by atoms with van der Waals surface area (Å²) in [4.78, 5) is 24.5. The van der Waals surface area contributed by atoms with Gasteiger partial charge in [0, 0.05) is 16.8 Å². The van der Waals surface area contributed by atoms with Crippen LogP contribution >= 0.6 is 0 Å². The van der Waals surface area contributed by atoms with Crippen molar-refractivity contribution in [1.82, 2.24) is 0 Å². The van der Waals surface area contributed by atoms with Crippen LogP contribution in [-0.4, -0.2) is 19.0 Å². The summed E-state index contributed by atoms with van der Waals surface area (Å²) in [5, 5.41) is 12.2. The summed E-state index contributed by atoms with van der Waals surface area (Å²) in [6.45, 7) is 0. The Kier molecular flexibility index (Phi) is 5.29. The van der Waals surface area contributed by atoms with Crippen molar-refractivity contribution < 1.29 is 14.3 Å². The molecule has 0 aliphatic heterocycles. The highest BCUT2D eigenvalue weighted by atomic mass is 16.5. The summed E-state index contributed by atoms with van der Waals surface area (Å²) >= 11 is 0. The summed E-state index contributed by atoms with van der Waals surface area (Å²) < 4.78 is 4.70. The third kappa shape index (κ3) is 3.86. The third-order valence-electron chi connectivity index (χ3n) is 4.05. The Bertz CT molecular complexity index is 1050. The fourth-order valence-electron chi connectivity index (χ4n) is 2.77. The summed E-state index contributed by atoms with van der Waals surface area (Å²) in [6.07, 6.45) is 0. The van der Waals surface area contributed by atoms with Crippen LogP contribution in [0.15, 0.2) is 72.8 Å². The van der Waals surface area contributed by atoms with Gasteiger partial charge in [0.05, 0.1) is 24.3 Å². The Morgan fingerprint density at radius 3 is 2.37 bits per heavy atom. The summed E-state index contributed by atoms with van der Waals surface area (Å²) in [7, 11) is 1.30. The molecule has 5 heteroatoms. The van der Waals surface area contributed by atoms with E-state index in [0.717, 1.165) is 0 Å². The smallest absolute Gasteiger partial charge is 0.337 e. The van der Waals surface area contributed by atoms with Crippen molar-refractivity contribution in [3.63, 3.8) is 0 Å². The van der Waals surface area contributed by atoms with Crippen LogP contribution in [0.2, 0.25) is 0 Å². The number of anilines is 1. The number of carbonyl (C=O) groups excluding carboxylic acids is 2. The molecule has 132 valence electrons. The topological polar surface area (TPSA) is 79.2 Å². The molecule has 0 saturated carbocycles. The lowest BCUT2D eigenvalue weighted by Crippen LogP contribution is -2.14. The van der Waals surface area contributed by atoms with Crippen LogP contribution in [0.3, 0.4) is 0 Å². The first-order valence-corrected chi connectivity index (χ1v) is 8.22. The molecular formula is C22H16N2O3. The molecule has 1 N–H and O–H groups in total. The number of benzene rings is 3. The van der Waals surface area contributed by atoms with E-state index >= 15 is 0 Å². The minimum absolute atomic E-state index is 0.333. The second-order valence-electron chi connectivity index (χ2n) is 5.73. The molecule has 0 aliphatic carbocycles. The van der Waals surface area contributed by atoms with Crippen molar-refractivity contribution in [3.8, 4) is 17.2 Å². The maximum atomic E-state index is 12.8. The van der Waals surface area contributed by atoms with Gasteiger partial charge in [-0.15, -0.1) is 0 Å². The van der Waals surface area contributed by atoms with E-state index in [1.54, 1.807) is 54.6 Å². The molecule has 0 unspecified atom stereocenters. The molecular weight excluding hydrogens is 340 g/mol. The number of hydrogen-bond acceptors (Lipinski definition) is 4. The highest BCUT2D eigenvalue weighted by Gasteiger charge is 2.15.